The van der Waals surface area contributed by atoms with Crippen LogP contribution >= 0.6 is 0 Å². The minimum atomic E-state index is -3.80. The first-order valence-corrected chi connectivity index (χ1v) is 9.94. The summed E-state index contributed by atoms with van der Waals surface area (Å²) in [5.41, 5.74) is -0.130. The maximum absolute atomic E-state index is 14.0. The Balaban J connectivity index is 1.70. The number of carbonyl (C=O) groups is 1. The summed E-state index contributed by atoms with van der Waals surface area (Å²) in [6.07, 6.45) is 2.03. The van der Waals surface area contributed by atoms with E-state index in [2.05, 4.69) is 0 Å². The number of hydrogen-bond donors (Lipinski definition) is 0. The number of sulfonamides is 1. The van der Waals surface area contributed by atoms with Crippen molar-refractivity contribution >= 4 is 21.6 Å². The van der Waals surface area contributed by atoms with Gasteiger partial charge in [-0.25, -0.2) is 12.8 Å². The van der Waals surface area contributed by atoms with E-state index in [-0.39, 0.29) is 11.6 Å². The number of rotatable bonds is 4. The number of likely N-dealkylation sites (tertiary alicyclic amines) is 1. The fourth-order valence-corrected chi connectivity index (χ4v) is 3.99. The molecule has 0 N–H and O–H groups in total. The van der Waals surface area contributed by atoms with E-state index in [0.717, 1.165) is 16.6 Å². The van der Waals surface area contributed by atoms with Crippen molar-refractivity contribution in [3.05, 3.63) is 30.1 Å². The lowest BCUT2D eigenvalue weighted by atomic mass is 10.0. The van der Waals surface area contributed by atoms with Crippen molar-refractivity contribution in [2.75, 3.05) is 43.4 Å². The number of halogens is 1. The summed E-state index contributed by atoms with van der Waals surface area (Å²) in [5.74, 6) is -1.67. The molecule has 1 amide bonds. The molecule has 7 nitrogen and oxygen atoms in total. The molecule has 2 fully saturated rings. The Morgan fingerprint density at radius 3 is 2.40 bits per heavy atom. The van der Waals surface area contributed by atoms with Crippen molar-refractivity contribution in [2.45, 2.75) is 18.6 Å². The van der Waals surface area contributed by atoms with Crippen molar-refractivity contribution in [3.8, 4) is 0 Å². The number of piperidine rings is 1. The van der Waals surface area contributed by atoms with Crippen molar-refractivity contribution in [1.82, 2.24) is 4.90 Å². The quantitative estimate of drug-likeness (QED) is 0.787. The summed E-state index contributed by atoms with van der Waals surface area (Å²) in [4.78, 5) is 14.1. The van der Waals surface area contributed by atoms with Crippen molar-refractivity contribution < 1.29 is 27.1 Å². The molecule has 0 unspecified atom stereocenters. The molecular weight excluding hydrogens is 351 g/mol. The highest BCUT2D eigenvalue weighted by Gasteiger charge is 2.41. The molecule has 25 heavy (non-hydrogen) atoms. The summed E-state index contributed by atoms with van der Waals surface area (Å²) in [7, 11) is -3.80. The maximum atomic E-state index is 14.0. The summed E-state index contributed by atoms with van der Waals surface area (Å²) in [6, 6.07) is 5.50. The molecule has 3 rings (SSSR count). The first kappa shape index (κ1) is 18.1. The van der Waals surface area contributed by atoms with Crippen molar-refractivity contribution in [1.29, 1.82) is 0 Å². The van der Waals surface area contributed by atoms with Gasteiger partial charge in [-0.3, -0.25) is 9.10 Å². The van der Waals surface area contributed by atoms with Crippen LogP contribution in [0, 0.1) is 5.82 Å². The van der Waals surface area contributed by atoms with E-state index in [4.69, 9.17) is 9.47 Å². The molecule has 9 heteroatoms. The predicted molar refractivity (Wildman–Crippen MR) is 89.0 cm³/mol. The Labute approximate surface area is 146 Å². The van der Waals surface area contributed by atoms with Crippen LogP contribution in [0.3, 0.4) is 0 Å². The monoisotopic (exact) mass is 372 g/mol. The number of ether oxygens (including phenoxy) is 2. The van der Waals surface area contributed by atoms with Gasteiger partial charge in [-0.05, 0) is 12.1 Å². The number of anilines is 1. The van der Waals surface area contributed by atoms with Crippen LogP contribution in [0.2, 0.25) is 0 Å². The first-order chi connectivity index (χ1) is 11.8. The molecule has 2 heterocycles. The second-order valence-corrected chi connectivity index (χ2v) is 8.12. The Hall–Kier alpha value is -1.71. The lowest BCUT2D eigenvalue weighted by Gasteiger charge is -2.38. The fourth-order valence-electron chi connectivity index (χ4n) is 3.14. The highest BCUT2D eigenvalue weighted by Crippen LogP contribution is 2.31. The summed E-state index contributed by atoms with van der Waals surface area (Å²) in [5, 5.41) is 0. The van der Waals surface area contributed by atoms with Gasteiger partial charge in [0.15, 0.2) is 5.79 Å². The molecule has 0 atom stereocenters. The molecule has 0 radical (unpaired) electrons. The van der Waals surface area contributed by atoms with Gasteiger partial charge in [0.1, 0.15) is 12.4 Å². The summed E-state index contributed by atoms with van der Waals surface area (Å²) < 4.78 is 50.1. The van der Waals surface area contributed by atoms with Gasteiger partial charge >= 0.3 is 0 Å². The second-order valence-electron chi connectivity index (χ2n) is 6.21. The zero-order valence-electron chi connectivity index (χ0n) is 14.0. The fraction of sp³-hybridized carbons (Fsp3) is 0.562. The van der Waals surface area contributed by atoms with E-state index >= 15 is 0 Å². The predicted octanol–water partition coefficient (Wildman–Crippen LogP) is 0.957. The number of nitrogens with zero attached hydrogens (tertiary/aromatic N) is 2. The number of hydrogen-bond acceptors (Lipinski definition) is 5. The molecule has 2 saturated heterocycles. The van der Waals surface area contributed by atoms with E-state index in [9.17, 15) is 17.6 Å². The zero-order valence-corrected chi connectivity index (χ0v) is 14.8. The SMILES string of the molecule is CS(=O)(=O)N(CC(=O)N1CCC2(CC1)OCCO2)c1ccccc1F. The molecule has 1 aromatic rings. The molecule has 0 aromatic heterocycles. The smallest absolute Gasteiger partial charge is 0.243 e. The molecule has 138 valence electrons. The van der Waals surface area contributed by atoms with E-state index in [1.54, 1.807) is 4.90 Å². The number of carbonyl (C=O) groups excluding carboxylic acids is 1. The van der Waals surface area contributed by atoms with Gasteiger partial charge in [0, 0.05) is 25.9 Å². The van der Waals surface area contributed by atoms with Crippen LogP contribution in [0.25, 0.3) is 0 Å². The number of amides is 1. The minimum Gasteiger partial charge on any atom is -0.347 e. The minimum absolute atomic E-state index is 0.130. The molecule has 0 bridgehead atoms. The largest absolute Gasteiger partial charge is 0.347 e. The highest BCUT2D eigenvalue weighted by atomic mass is 32.2. The first-order valence-electron chi connectivity index (χ1n) is 8.09. The second kappa shape index (κ2) is 6.89. The third kappa shape index (κ3) is 3.94. The third-order valence-corrected chi connectivity index (χ3v) is 5.62. The van der Waals surface area contributed by atoms with Gasteiger partial charge in [-0.15, -0.1) is 0 Å². The Bertz CT molecular complexity index is 739. The zero-order chi connectivity index (χ0) is 18.1. The topological polar surface area (TPSA) is 76.2 Å². The van der Waals surface area contributed by atoms with Gasteiger partial charge in [0.05, 0.1) is 25.2 Å². The van der Waals surface area contributed by atoms with Crippen LogP contribution in [-0.2, 0) is 24.3 Å². The van der Waals surface area contributed by atoms with Crippen LogP contribution < -0.4 is 4.31 Å². The maximum Gasteiger partial charge on any atom is 0.243 e. The lowest BCUT2D eigenvalue weighted by Crippen LogP contribution is -2.50. The molecule has 0 saturated carbocycles. The van der Waals surface area contributed by atoms with Crippen LogP contribution in [0.1, 0.15) is 12.8 Å². The standard InChI is InChI=1S/C16H21FN2O5S/c1-25(21,22)19(14-5-3-2-4-13(14)17)12-15(20)18-8-6-16(7-9-18)23-10-11-24-16/h2-5H,6-12H2,1H3. The average Bonchev–Trinajstić information content (AvgIpc) is 3.01. The number of para-hydroxylation sites is 1. The van der Waals surface area contributed by atoms with Gasteiger partial charge in [0.25, 0.3) is 0 Å². The molecule has 1 aromatic carbocycles. The van der Waals surface area contributed by atoms with Crippen LogP contribution in [-0.4, -0.2) is 64.1 Å². The van der Waals surface area contributed by atoms with Gasteiger partial charge in [-0.2, -0.15) is 0 Å². The van der Waals surface area contributed by atoms with Crippen molar-refractivity contribution in [3.63, 3.8) is 0 Å². The summed E-state index contributed by atoms with van der Waals surface area (Å²) >= 11 is 0. The Morgan fingerprint density at radius 2 is 1.84 bits per heavy atom. The average molecular weight is 372 g/mol. The Morgan fingerprint density at radius 1 is 1.24 bits per heavy atom. The molecule has 0 aliphatic carbocycles. The van der Waals surface area contributed by atoms with E-state index in [1.165, 1.54) is 18.2 Å². The molecule has 2 aliphatic heterocycles. The highest BCUT2D eigenvalue weighted by molar-refractivity contribution is 7.92. The van der Waals surface area contributed by atoms with Crippen molar-refractivity contribution in [2.24, 2.45) is 0 Å². The van der Waals surface area contributed by atoms with Gasteiger partial charge in [-0.1, -0.05) is 12.1 Å². The normalized spacial score (nSPS) is 20.0. The Kier molecular flexibility index (Phi) is 4.99. The van der Waals surface area contributed by atoms with Gasteiger partial charge in [0.2, 0.25) is 15.9 Å². The summed E-state index contributed by atoms with van der Waals surface area (Å²) in [6.45, 7) is 1.47. The molecule has 1 spiro atoms. The molecule has 2 aliphatic rings. The third-order valence-electron chi connectivity index (χ3n) is 4.49. The lowest BCUT2D eigenvalue weighted by molar-refractivity contribution is -0.187. The van der Waals surface area contributed by atoms with Crippen LogP contribution in [0.4, 0.5) is 10.1 Å². The van der Waals surface area contributed by atoms with Crippen LogP contribution in [0.5, 0.6) is 0 Å². The molecular formula is C16H21FN2O5S. The van der Waals surface area contributed by atoms with E-state index < -0.39 is 28.2 Å². The van der Waals surface area contributed by atoms with E-state index in [0.29, 0.717) is 39.1 Å². The van der Waals surface area contributed by atoms with Crippen LogP contribution in [0.15, 0.2) is 24.3 Å². The number of benzene rings is 1. The van der Waals surface area contributed by atoms with E-state index in [1.807, 2.05) is 0 Å². The van der Waals surface area contributed by atoms with Gasteiger partial charge < -0.3 is 14.4 Å².